The van der Waals surface area contributed by atoms with Crippen molar-refractivity contribution >= 4 is 11.5 Å². The van der Waals surface area contributed by atoms with Crippen LogP contribution in [0.1, 0.15) is 125 Å². The molecule has 0 radical (unpaired) electrons. The van der Waals surface area contributed by atoms with E-state index < -0.39 is 70.3 Å². The third-order valence-electron chi connectivity index (χ3n) is 16.7. The molecule has 2 saturated heterocycles. The van der Waals surface area contributed by atoms with Gasteiger partial charge in [0, 0.05) is 17.3 Å². The van der Waals surface area contributed by atoms with E-state index in [1.165, 1.54) is 19.3 Å². The highest BCUT2D eigenvalue weighted by Gasteiger charge is 2.75. The molecule has 2 aliphatic heterocycles. The summed E-state index contributed by atoms with van der Waals surface area (Å²) in [5.74, 6) is -1.69. The molecule has 6 aliphatic rings. The molecule has 322 valence electrons. The summed E-state index contributed by atoms with van der Waals surface area (Å²) in [6, 6.07) is 0. The highest BCUT2D eigenvalue weighted by atomic mass is 16.5. The number of hydrogen-bond acceptors (Lipinski definition) is 12. The SMILES string of the molecule is CCCCCCC1COC(C(O)C(C)(O)C2CCC3(O)C4C(=NCC(C)O)C(=O)C5CC(O)C(O)CC5(CCC5CCC(N)NC5)C4C(CNC)CC23C)C1C. The van der Waals surface area contributed by atoms with Crippen molar-refractivity contribution in [1.82, 2.24) is 10.6 Å². The first-order valence-electron chi connectivity index (χ1n) is 22.5. The molecule has 0 aromatic heterocycles. The van der Waals surface area contributed by atoms with Crippen LogP contribution < -0.4 is 16.4 Å². The highest BCUT2D eigenvalue weighted by Crippen LogP contribution is 2.71. The minimum absolute atomic E-state index is 0.00303. The van der Waals surface area contributed by atoms with E-state index in [1.54, 1.807) is 13.8 Å². The Morgan fingerprint density at radius 1 is 1.09 bits per heavy atom. The van der Waals surface area contributed by atoms with Crippen molar-refractivity contribution in [3.8, 4) is 0 Å². The fraction of sp³-hybridized carbons (Fsp3) is 0.955. The largest absolute Gasteiger partial charge is 0.391 e. The fourth-order valence-corrected chi connectivity index (χ4v) is 13.7. The second-order valence-electron chi connectivity index (χ2n) is 20.2. The van der Waals surface area contributed by atoms with E-state index in [9.17, 15) is 30.6 Å². The van der Waals surface area contributed by atoms with Gasteiger partial charge >= 0.3 is 0 Å². The number of carbonyl (C=O) groups excluding carboxylic acids is 1. The summed E-state index contributed by atoms with van der Waals surface area (Å²) < 4.78 is 6.32. The molecule has 0 spiro atoms. The number of Topliss-reactive ketones (excluding diaryl/α,β-unsaturated/α-hetero) is 1. The first-order chi connectivity index (χ1) is 26.5. The van der Waals surface area contributed by atoms with Crippen LogP contribution >= 0.6 is 0 Å². The van der Waals surface area contributed by atoms with Crippen molar-refractivity contribution < 1.29 is 40.2 Å². The molecule has 0 bridgehead atoms. The van der Waals surface area contributed by atoms with Gasteiger partial charge in [-0.15, -0.1) is 0 Å². The maximum Gasteiger partial charge on any atom is 0.180 e. The van der Waals surface area contributed by atoms with Crippen LogP contribution in [0.5, 0.6) is 0 Å². The van der Waals surface area contributed by atoms with Crippen molar-refractivity contribution in [2.24, 2.45) is 68.9 Å². The van der Waals surface area contributed by atoms with Crippen LogP contribution in [-0.2, 0) is 9.53 Å². The van der Waals surface area contributed by atoms with Crippen LogP contribution in [0, 0.1) is 58.2 Å². The molecular weight excluding hydrogens is 713 g/mol. The summed E-state index contributed by atoms with van der Waals surface area (Å²) >= 11 is 0. The van der Waals surface area contributed by atoms with Gasteiger partial charge in [0.15, 0.2) is 5.78 Å². The number of unbranched alkanes of at least 4 members (excludes halogenated alkanes) is 3. The van der Waals surface area contributed by atoms with Crippen molar-refractivity contribution in [3.63, 3.8) is 0 Å². The van der Waals surface area contributed by atoms with Crippen LogP contribution in [0.4, 0.5) is 0 Å². The lowest BCUT2D eigenvalue weighted by atomic mass is 9.38. The van der Waals surface area contributed by atoms with E-state index in [2.05, 4.69) is 24.5 Å². The number of ketones is 1. The van der Waals surface area contributed by atoms with Crippen LogP contribution in [0.3, 0.4) is 0 Å². The zero-order valence-electron chi connectivity index (χ0n) is 35.3. The van der Waals surface area contributed by atoms with E-state index in [4.69, 9.17) is 15.5 Å². The number of hydrogen-bond donors (Lipinski definition) is 9. The second-order valence-corrected chi connectivity index (χ2v) is 20.2. The molecule has 0 amide bonds. The smallest absolute Gasteiger partial charge is 0.180 e. The molecule has 56 heavy (non-hydrogen) atoms. The van der Waals surface area contributed by atoms with Crippen molar-refractivity contribution in [1.29, 1.82) is 0 Å². The zero-order valence-corrected chi connectivity index (χ0v) is 35.3. The zero-order chi connectivity index (χ0) is 40.8. The van der Waals surface area contributed by atoms with Crippen molar-refractivity contribution in [3.05, 3.63) is 0 Å². The number of fused-ring (bicyclic) bond motifs is 5. The molecule has 0 aromatic rings. The molecule has 4 aliphatic carbocycles. The average molecular weight is 791 g/mol. The molecule has 2 heterocycles. The number of carbonyl (C=O) groups is 1. The quantitative estimate of drug-likeness (QED) is 0.110. The number of aliphatic hydroxyl groups is 6. The van der Waals surface area contributed by atoms with Gasteiger partial charge in [0.1, 0.15) is 6.10 Å². The molecule has 6 fully saturated rings. The number of nitrogens with two attached hydrogens (primary N) is 1. The standard InChI is InChI=1S/C44H78N4O8/c1-7-8-9-10-11-28-24-56-39(26(28)3)40(53)42(5,54)33-15-17-44(55)36-35(29(23-46-6)19-41(33,44)4)43(16-14-27-12-13-34(45)47-22-27)20-32(51)31(50)18-30(43)38(52)37(36)48-21-25(2)49/h25-36,39-40,46-47,49-51,53-55H,7-24,45H2,1-6H3. The molecule has 18 atom stereocenters. The fourth-order valence-electron chi connectivity index (χ4n) is 13.7. The Balaban J connectivity index is 1.39. The number of nitrogens with zero attached hydrogens (tertiary/aromatic N) is 1. The van der Waals surface area contributed by atoms with Crippen LogP contribution in [-0.4, -0.2) is 123 Å². The molecule has 12 heteroatoms. The Morgan fingerprint density at radius 3 is 2.50 bits per heavy atom. The lowest BCUT2D eigenvalue weighted by Crippen LogP contribution is -2.73. The molecule has 18 unspecified atom stereocenters. The lowest BCUT2D eigenvalue weighted by molar-refractivity contribution is -0.237. The van der Waals surface area contributed by atoms with E-state index in [1.807, 2.05) is 14.0 Å². The van der Waals surface area contributed by atoms with Crippen molar-refractivity contribution in [2.75, 3.05) is 33.3 Å². The molecule has 6 rings (SSSR count). The van der Waals surface area contributed by atoms with E-state index in [-0.39, 0.29) is 54.8 Å². The lowest BCUT2D eigenvalue weighted by Gasteiger charge is -2.67. The molecule has 12 nitrogen and oxygen atoms in total. The van der Waals surface area contributed by atoms with Crippen LogP contribution in [0.15, 0.2) is 4.99 Å². The number of aliphatic hydroxyl groups excluding tert-OH is 4. The van der Waals surface area contributed by atoms with Crippen LogP contribution in [0.2, 0.25) is 0 Å². The monoisotopic (exact) mass is 791 g/mol. The molecule has 0 aromatic carbocycles. The van der Waals surface area contributed by atoms with Gasteiger partial charge in [0.25, 0.3) is 0 Å². The molecule has 4 saturated carbocycles. The molecule has 10 N–H and O–H groups in total. The summed E-state index contributed by atoms with van der Waals surface area (Å²) in [5.41, 5.74) is 1.72. The van der Waals surface area contributed by atoms with Gasteiger partial charge in [0.05, 0.1) is 60.6 Å². The summed E-state index contributed by atoms with van der Waals surface area (Å²) in [6.07, 6.45) is 6.05. The van der Waals surface area contributed by atoms with Gasteiger partial charge in [-0.1, -0.05) is 46.5 Å². The Kier molecular flexibility index (Phi) is 13.9. The van der Waals surface area contributed by atoms with Gasteiger partial charge in [-0.3, -0.25) is 9.79 Å². The maximum absolute atomic E-state index is 15.2. The topological polar surface area (TPSA) is 210 Å². The Labute approximate surface area is 336 Å². The van der Waals surface area contributed by atoms with Crippen LogP contribution in [0.25, 0.3) is 0 Å². The van der Waals surface area contributed by atoms with Crippen molar-refractivity contribution in [2.45, 2.75) is 172 Å². The van der Waals surface area contributed by atoms with E-state index in [0.717, 1.165) is 38.6 Å². The first kappa shape index (κ1) is 44.5. The third-order valence-corrected chi connectivity index (χ3v) is 16.7. The predicted molar refractivity (Wildman–Crippen MR) is 217 cm³/mol. The normalized spacial score (nSPS) is 46.9. The first-order valence-corrected chi connectivity index (χ1v) is 22.5. The molecular formula is C44H78N4O8. The number of ether oxygens (including phenoxy) is 1. The van der Waals surface area contributed by atoms with Gasteiger partial charge in [-0.2, -0.15) is 0 Å². The van der Waals surface area contributed by atoms with Gasteiger partial charge in [-0.05, 0) is 139 Å². The summed E-state index contributed by atoms with van der Waals surface area (Å²) in [7, 11) is 1.92. The Morgan fingerprint density at radius 2 is 1.84 bits per heavy atom. The Hall–Kier alpha value is -1.06. The highest BCUT2D eigenvalue weighted by molar-refractivity contribution is 6.42. The average Bonchev–Trinajstić information content (AvgIpc) is 3.65. The summed E-state index contributed by atoms with van der Waals surface area (Å²) in [5, 5.41) is 78.5. The van der Waals surface area contributed by atoms with E-state index >= 15 is 4.79 Å². The van der Waals surface area contributed by atoms with E-state index in [0.29, 0.717) is 50.7 Å². The second kappa shape index (κ2) is 17.5. The number of nitrogens with one attached hydrogen (secondary N) is 2. The predicted octanol–water partition coefficient (Wildman–Crippen LogP) is 2.93. The number of piperidine rings is 1. The third kappa shape index (κ3) is 7.84. The minimum Gasteiger partial charge on any atom is -0.391 e. The van der Waals surface area contributed by atoms with Gasteiger partial charge in [-0.25, -0.2) is 0 Å². The minimum atomic E-state index is -1.61. The van der Waals surface area contributed by atoms with Gasteiger partial charge < -0.3 is 51.7 Å². The van der Waals surface area contributed by atoms with Gasteiger partial charge in [0.2, 0.25) is 0 Å². The summed E-state index contributed by atoms with van der Waals surface area (Å²) in [6.45, 7) is 11.7. The summed E-state index contributed by atoms with van der Waals surface area (Å²) in [4.78, 5) is 20.0. The number of aliphatic imine (C=N–C) groups is 1. The Bertz CT molecular complexity index is 1370. The number of rotatable bonds is 15. The maximum atomic E-state index is 15.2.